The number of amides is 1. The van der Waals surface area contributed by atoms with Crippen LogP contribution in [0.5, 0.6) is 11.5 Å². The van der Waals surface area contributed by atoms with Crippen molar-refractivity contribution in [2.45, 2.75) is 24.4 Å². The molecule has 0 bridgehead atoms. The first-order valence-electron chi connectivity index (χ1n) is 10.3. The van der Waals surface area contributed by atoms with Crippen LogP contribution in [-0.4, -0.2) is 56.9 Å². The summed E-state index contributed by atoms with van der Waals surface area (Å²) in [5.41, 5.74) is 2.64. The summed E-state index contributed by atoms with van der Waals surface area (Å²) in [5.74, 6) is 1.58. The fraction of sp³-hybridized carbons (Fsp3) is 0.227. The van der Waals surface area contributed by atoms with E-state index >= 15 is 0 Å². The Morgan fingerprint density at radius 3 is 2.67 bits per heavy atom. The number of nitrogens with zero attached hydrogens (tertiary/aromatic N) is 5. The van der Waals surface area contributed by atoms with Crippen LogP contribution in [0.4, 0.5) is 0 Å². The number of sulfone groups is 1. The number of aromatic amines is 1. The molecular weight excluding hydrogens is 444 g/mol. The molecule has 0 saturated carbocycles. The summed E-state index contributed by atoms with van der Waals surface area (Å²) < 4.78 is 29.5. The molecule has 0 aliphatic carbocycles. The van der Waals surface area contributed by atoms with Crippen molar-refractivity contribution < 1.29 is 17.9 Å². The molecule has 168 valence electrons. The summed E-state index contributed by atoms with van der Waals surface area (Å²) in [4.78, 5) is 34.0. The van der Waals surface area contributed by atoms with Gasteiger partial charge < -0.3 is 14.6 Å². The lowest BCUT2D eigenvalue weighted by atomic mass is 10.1. The third-order valence-electron chi connectivity index (χ3n) is 5.32. The van der Waals surface area contributed by atoms with E-state index in [1.54, 1.807) is 23.4 Å². The lowest BCUT2D eigenvalue weighted by Crippen LogP contribution is -2.24. The molecule has 11 heteroatoms. The standard InChI is InChI=1S/C22H20N6O4S/c1-33(30,31)18-7-6-16(12-25-18)32-17-11-14(20-26-21-22(27-20)24-9-8-23-21)4-5-15(17)13-28-10-2-3-19(28)29/h4-9,11-12H,2-3,10,13H2,1H3,(H,23,24,26,27). The number of rotatable bonds is 6. The third kappa shape index (κ3) is 4.40. The van der Waals surface area contributed by atoms with Crippen molar-refractivity contribution in [2.75, 3.05) is 12.8 Å². The van der Waals surface area contributed by atoms with Crippen molar-refractivity contribution in [3.63, 3.8) is 0 Å². The Morgan fingerprint density at radius 2 is 1.97 bits per heavy atom. The number of pyridine rings is 1. The van der Waals surface area contributed by atoms with Gasteiger partial charge in [0.1, 0.15) is 17.3 Å². The summed E-state index contributed by atoms with van der Waals surface area (Å²) in [7, 11) is -3.41. The highest BCUT2D eigenvalue weighted by Crippen LogP contribution is 2.32. The topological polar surface area (TPSA) is 131 Å². The summed E-state index contributed by atoms with van der Waals surface area (Å²) in [6.45, 7) is 1.11. The molecule has 1 saturated heterocycles. The van der Waals surface area contributed by atoms with Crippen LogP contribution in [0.25, 0.3) is 22.7 Å². The lowest BCUT2D eigenvalue weighted by Gasteiger charge is -2.19. The van der Waals surface area contributed by atoms with Crippen molar-refractivity contribution in [3.05, 3.63) is 54.5 Å². The van der Waals surface area contributed by atoms with Gasteiger partial charge in [0.15, 0.2) is 26.2 Å². The van der Waals surface area contributed by atoms with Crippen molar-refractivity contribution in [1.29, 1.82) is 0 Å². The Labute approximate surface area is 189 Å². The molecule has 1 aliphatic rings. The number of aromatic nitrogens is 5. The second-order valence-electron chi connectivity index (χ2n) is 7.76. The van der Waals surface area contributed by atoms with Crippen molar-refractivity contribution >= 4 is 27.0 Å². The zero-order valence-corrected chi connectivity index (χ0v) is 18.5. The number of ether oxygens (including phenoxy) is 1. The number of carbonyl (C=O) groups is 1. The molecule has 4 heterocycles. The third-order valence-corrected chi connectivity index (χ3v) is 6.32. The van der Waals surface area contributed by atoms with Crippen LogP contribution in [-0.2, 0) is 21.2 Å². The summed E-state index contributed by atoms with van der Waals surface area (Å²) in [6.07, 6.45) is 7.00. The maximum Gasteiger partial charge on any atom is 0.222 e. The first-order valence-corrected chi connectivity index (χ1v) is 12.2. The molecule has 1 N–H and O–H groups in total. The van der Waals surface area contributed by atoms with Crippen molar-refractivity contribution in [1.82, 2.24) is 29.8 Å². The predicted molar refractivity (Wildman–Crippen MR) is 119 cm³/mol. The van der Waals surface area contributed by atoms with Crippen molar-refractivity contribution in [2.24, 2.45) is 0 Å². The van der Waals surface area contributed by atoms with Crippen LogP contribution in [0, 0.1) is 0 Å². The Balaban J connectivity index is 1.51. The average molecular weight is 465 g/mol. The number of carbonyl (C=O) groups excluding carboxylic acids is 1. The Kier molecular flexibility index (Phi) is 5.25. The van der Waals surface area contributed by atoms with Crippen LogP contribution >= 0.6 is 0 Å². The van der Waals surface area contributed by atoms with E-state index < -0.39 is 9.84 Å². The molecule has 0 atom stereocenters. The van der Waals surface area contributed by atoms with Gasteiger partial charge in [0.25, 0.3) is 0 Å². The van der Waals surface area contributed by atoms with E-state index in [4.69, 9.17) is 4.74 Å². The number of benzene rings is 1. The summed E-state index contributed by atoms with van der Waals surface area (Å²) in [6, 6.07) is 8.55. The Hall–Kier alpha value is -3.86. The molecule has 0 unspecified atom stereocenters. The zero-order chi connectivity index (χ0) is 23.0. The van der Waals surface area contributed by atoms with E-state index in [1.165, 1.54) is 12.3 Å². The van der Waals surface area contributed by atoms with Crippen molar-refractivity contribution in [3.8, 4) is 22.9 Å². The first-order chi connectivity index (χ1) is 15.9. The molecule has 4 aromatic rings. The van der Waals surface area contributed by atoms with Gasteiger partial charge >= 0.3 is 0 Å². The Bertz CT molecular complexity index is 1420. The van der Waals surface area contributed by atoms with Crippen LogP contribution < -0.4 is 4.74 Å². The normalized spacial score (nSPS) is 14.2. The molecular formula is C22H20N6O4S. The molecule has 1 aromatic carbocycles. The number of hydrogen-bond acceptors (Lipinski definition) is 8. The second kappa shape index (κ2) is 8.24. The van der Waals surface area contributed by atoms with Crippen LogP contribution in [0.3, 0.4) is 0 Å². The molecule has 0 radical (unpaired) electrons. The second-order valence-corrected chi connectivity index (χ2v) is 9.72. The van der Waals surface area contributed by atoms with Gasteiger partial charge in [-0.2, -0.15) is 0 Å². The van der Waals surface area contributed by atoms with Crippen LogP contribution in [0.2, 0.25) is 0 Å². The first kappa shape index (κ1) is 21.0. The number of imidazole rings is 1. The summed E-state index contributed by atoms with van der Waals surface area (Å²) in [5, 5.41) is -0.0336. The molecule has 5 rings (SSSR count). The Morgan fingerprint density at radius 1 is 1.12 bits per heavy atom. The highest BCUT2D eigenvalue weighted by Gasteiger charge is 2.22. The van der Waals surface area contributed by atoms with Gasteiger partial charge in [-0.1, -0.05) is 12.1 Å². The smallest absolute Gasteiger partial charge is 0.222 e. The SMILES string of the molecule is CS(=O)(=O)c1ccc(Oc2cc(-c3nc4nccnc4[nH]3)ccc2CN2CCCC2=O)cn1. The van der Waals surface area contributed by atoms with E-state index in [-0.39, 0.29) is 10.9 Å². The van der Waals surface area contributed by atoms with E-state index in [1.807, 2.05) is 18.2 Å². The maximum atomic E-state index is 12.2. The predicted octanol–water partition coefficient (Wildman–Crippen LogP) is 2.73. The molecule has 33 heavy (non-hydrogen) atoms. The van der Waals surface area contributed by atoms with E-state index in [0.717, 1.165) is 23.8 Å². The molecule has 1 fully saturated rings. The largest absolute Gasteiger partial charge is 0.455 e. The average Bonchev–Trinajstić information content (AvgIpc) is 3.41. The number of fused-ring (bicyclic) bond motifs is 1. The van der Waals surface area contributed by atoms with Gasteiger partial charge in [0.05, 0.1) is 6.20 Å². The maximum absolute atomic E-state index is 12.2. The van der Waals surface area contributed by atoms with Gasteiger partial charge in [0.2, 0.25) is 5.91 Å². The minimum atomic E-state index is -3.41. The quantitative estimate of drug-likeness (QED) is 0.461. The number of hydrogen-bond donors (Lipinski definition) is 1. The zero-order valence-electron chi connectivity index (χ0n) is 17.7. The van der Waals surface area contributed by atoms with Gasteiger partial charge in [-0.15, -0.1) is 0 Å². The minimum Gasteiger partial charge on any atom is -0.455 e. The fourth-order valence-electron chi connectivity index (χ4n) is 3.66. The van der Waals surface area contributed by atoms with Crippen LogP contribution in [0.1, 0.15) is 18.4 Å². The van der Waals surface area contributed by atoms with E-state index in [0.29, 0.717) is 48.1 Å². The fourth-order valence-corrected chi connectivity index (χ4v) is 4.22. The van der Waals surface area contributed by atoms with E-state index in [2.05, 4.69) is 24.9 Å². The number of likely N-dealkylation sites (tertiary alicyclic amines) is 1. The monoisotopic (exact) mass is 464 g/mol. The molecule has 1 amide bonds. The van der Waals surface area contributed by atoms with Gasteiger partial charge in [-0.3, -0.25) is 4.79 Å². The summed E-state index contributed by atoms with van der Waals surface area (Å²) >= 11 is 0. The van der Waals surface area contributed by atoms with Gasteiger partial charge in [-0.05, 0) is 24.6 Å². The molecule has 10 nitrogen and oxygen atoms in total. The van der Waals surface area contributed by atoms with Gasteiger partial charge in [0, 0.05) is 49.3 Å². The molecule has 0 spiro atoms. The molecule has 1 aliphatic heterocycles. The number of nitrogens with one attached hydrogen (secondary N) is 1. The van der Waals surface area contributed by atoms with Gasteiger partial charge in [-0.25, -0.2) is 28.4 Å². The van der Waals surface area contributed by atoms with E-state index in [9.17, 15) is 13.2 Å². The van der Waals surface area contributed by atoms with Crippen LogP contribution in [0.15, 0.2) is 53.9 Å². The molecule has 3 aromatic heterocycles. The lowest BCUT2D eigenvalue weighted by molar-refractivity contribution is -0.128. The minimum absolute atomic E-state index is 0.0336. The number of H-pyrrole nitrogens is 1. The highest BCUT2D eigenvalue weighted by atomic mass is 32.2. The highest BCUT2D eigenvalue weighted by molar-refractivity contribution is 7.90.